The van der Waals surface area contributed by atoms with Crippen molar-refractivity contribution in [3.63, 3.8) is 0 Å². The van der Waals surface area contributed by atoms with E-state index < -0.39 is 0 Å². The molecule has 20 heavy (non-hydrogen) atoms. The Labute approximate surface area is 114 Å². The fourth-order valence-corrected chi connectivity index (χ4v) is 1.95. The average Bonchev–Trinajstić information content (AvgIpc) is 3.16. The molecule has 0 aromatic carbocycles. The molecular weight excluding hydrogens is 264 g/mol. The van der Waals surface area contributed by atoms with Gasteiger partial charge in [-0.1, -0.05) is 10.3 Å². The lowest BCUT2D eigenvalue weighted by Crippen LogP contribution is -2.30. The lowest BCUT2D eigenvalue weighted by molar-refractivity contribution is -0.125. The molecule has 0 radical (unpaired) electrons. The van der Waals surface area contributed by atoms with Gasteiger partial charge in [-0.15, -0.1) is 0 Å². The predicted molar refractivity (Wildman–Crippen MR) is 65.3 cm³/mol. The minimum atomic E-state index is -0.0874. The molecule has 1 aliphatic rings. The predicted octanol–water partition coefficient (Wildman–Crippen LogP) is 0.686. The van der Waals surface area contributed by atoms with Crippen LogP contribution in [0.15, 0.2) is 15.1 Å². The van der Waals surface area contributed by atoms with Crippen molar-refractivity contribution in [2.45, 2.75) is 19.9 Å². The van der Waals surface area contributed by atoms with Gasteiger partial charge in [0.15, 0.2) is 5.69 Å². The number of aryl methyl sites for hydroxylation is 1. The first-order valence-corrected chi connectivity index (χ1v) is 6.34. The summed E-state index contributed by atoms with van der Waals surface area (Å²) in [4.78, 5) is 15.9. The number of hydrogen-bond donors (Lipinski definition) is 1. The molecule has 0 aliphatic carbocycles. The van der Waals surface area contributed by atoms with Crippen LogP contribution in [0.25, 0.3) is 11.5 Å². The van der Waals surface area contributed by atoms with Crippen LogP contribution in [0.1, 0.15) is 18.1 Å². The fourth-order valence-electron chi connectivity index (χ4n) is 1.95. The second kappa shape index (κ2) is 5.41. The van der Waals surface area contributed by atoms with Gasteiger partial charge in [-0.2, -0.15) is 4.98 Å². The van der Waals surface area contributed by atoms with Crippen LogP contribution in [-0.2, 0) is 16.1 Å². The highest BCUT2D eigenvalue weighted by Gasteiger charge is 2.23. The molecular formula is C12H14N4O4. The van der Waals surface area contributed by atoms with Crippen molar-refractivity contribution in [3.8, 4) is 11.5 Å². The van der Waals surface area contributed by atoms with Gasteiger partial charge in [0.25, 0.3) is 0 Å². The zero-order valence-corrected chi connectivity index (χ0v) is 11.0. The first-order valence-electron chi connectivity index (χ1n) is 6.34. The first kappa shape index (κ1) is 12.8. The molecule has 3 heterocycles. The molecule has 106 valence electrons. The topological polar surface area (TPSA) is 103 Å². The molecule has 0 unspecified atom stereocenters. The molecule has 1 fully saturated rings. The Hall–Kier alpha value is -2.22. The van der Waals surface area contributed by atoms with E-state index in [0.717, 1.165) is 6.42 Å². The SMILES string of the molecule is Cc1cc(-c2noc(CNC(=O)[C@H]3CCOC3)n2)no1. The van der Waals surface area contributed by atoms with Gasteiger partial charge in [0.1, 0.15) is 5.76 Å². The number of nitrogens with zero attached hydrogens (tertiary/aromatic N) is 3. The van der Waals surface area contributed by atoms with Crippen molar-refractivity contribution in [2.75, 3.05) is 13.2 Å². The lowest BCUT2D eigenvalue weighted by Gasteiger charge is -2.06. The third-order valence-electron chi connectivity index (χ3n) is 3.04. The summed E-state index contributed by atoms with van der Waals surface area (Å²) in [5, 5.41) is 10.3. The lowest BCUT2D eigenvalue weighted by atomic mass is 10.1. The van der Waals surface area contributed by atoms with E-state index in [9.17, 15) is 4.79 Å². The molecule has 0 spiro atoms. The number of amides is 1. The van der Waals surface area contributed by atoms with Gasteiger partial charge >= 0.3 is 0 Å². The molecule has 1 N–H and O–H groups in total. The fraction of sp³-hybridized carbons (Fsp3) is 0.500. The Bertz CT molecular complexity index is 600. The van der Waals surface area contributed by atoms with Gasteiger partial charge in [-0.05, 0) is 13.3 Å². The largest absolute Gasteiger partial charge is 0.381 e. The minimum Gasteiger partial charge on any atom is -0.381 e. The Morgan fingerprint density at radius 3 is 3.05 bits per heavy atom. The number of hydrogen-bond acceptors (Lipinski definition) is 7. The Morgan fingerprint density at radius 1 is 1.45 bits per heavy atom. The molecule has 0 saturated carbocycles. The maximum Gasteiger partial charge on any atom is 0.246 e. The Kier molecular flexibility index (Phi) is 3.46. The highest BCUT2D eigenvalue weighted by Crippen LogP contribution is 2.15. The summed E-state index contributed by atoms with van der Waals surface area (Å²) in [6.45, 7) is 3.08. The van der Waals surface area contributed by atoms with E-state index >= 15 is 0 Å². The van der Waals surface area contributed by atoms with Gasteiger partial charge in [0.2, 0.25) is 17.6 Å². The maximum absolute atomic E-state index is 11.8. The van der Waals surface area contributed by atoms with Gasteiger partial charge in [-0.3, -0.25) is 4.79 Å². The molecule has 3 rings (SSSR count). The number of carbonyl (C=O) groups is 1. The van der Waals surface area contributed by atoms with E-state index in [2.05, 4.69) is 20.6 Å². The van der Waals surface area contributed by atoms with Crippen LogP contribution in [-0.4, -0.2) is 34.4 Å². The highest BCUT2D eigenvalue weighted by molar-refractivity contribution is 5.78. The van der Waals surface area contributed by atoms with Crippen LogP contribution in [0, 0.1) is 12.8 Å². The third kappa shape index (κ3) is 2.69. The molecule has 0 bridgehead atoms. The normalized spacial score (nSPS) is 18.4. The molecule has 2 aromatic heterocycles. The van der Waals surface area contributed by atoms with Crippen molar-refractivity contribution >= 4 is 5.91 Å². The molecule has 1 atom stereocenters. The monoisotopic (exact) mass is 278 g/mol. The summed E-state index contributed by atoms with van der Waals surface area (Å²) in [5.41, 5.74) is 0.507. The van der Waals surface area contributed by atoms with E-state index in [0.29, 0.717) is 36.4 Å². The van der Waals surface area contributed by atoms with E-state index in [1.807, 2.05) is 0 Å². The summed E-state index contributed by atoms with van der Waals surface area (Å²) in [6.07, 6.45) is 0.749. The van der Waals surface area contributed by atoms with Crippen LogP contribution < -0.4 is 5.32 Å². The number of nitrogens with one attached hydrogen (secondary N) is 1. The maximum atomic E-state index is 11.8. The van der Waals surface area contributed by atoms with Crippen molar-refractivity contribution in [1.82, 2.24) is 20.6 Å². The van der Waals surface area contributed by atoms with Gasteiger partial charge < -0.3 is 19.1 Å². The summed E-state index contributed by atoms with van der Waals surface area (Å²) >= 11 is 0. The van der Waals surface area contributed by atoms with Crippen LogP contribution in [0.5, 0.6) is 0 Å². The van der Waals surface area contributed by atoms with Gasteiger partial charge in [0.05, 0.1) is 19.1 Å². The van der Waals surface area contributed by atoms with Crippen molar-refractivity contribution in [1.29, 1.82) is 0 Å². The number of rotatable bonds is 4. The quantitative estimate of drug-likeness (QED) is 0.877. The number of carbonyl (C=O) groups excluding carboxylic acids is 1. The van der Waals surface area contributed by atoms with Crippen molar-refractivity contribution in [2.24, 2.45) is 5.92 Å². The smallest absolute Gasteiger partial charge is 0.246 e. The van der Waals surface area contributed by atoms with E-state index in [1.54, 1.807) is 13.0 Å². The summed E-state index contributed by atoms with van der Waals surface area (Å²) in [6, 6.07) is 1.71. The molecule has 8 heteroatoms. The van der Waals surface area contributed by atoms with Crippen molar-refractivity contribution in [3.05, 3.63) is 17.7 Å². The van der Waals surface area contributed by atoms with E-state index in [1.165, 1.54) is 0 Å². The highest BCUT2D eigenvalue weighted by atomic mass is 16.5. The second-order valence-corrected chi connectivity index (χ2v) is 4.61. The van der Waals surface area contributed by atoms with E-state index in [-0.39, 0.29) is 18.4 Å². The summed E-state index contributed by atoms with van der Waals surface area (Å²) < 4.78 is 15.2. The summed E-state index contributed by atoms with van der Waals surface area (Å²) in [7, 11) is 0. The van der Waals surface area contributed by atoms with Crippen LogP contribution in [0.4, 0.5) is 0 Å². The van der Waals surface area contributed by atoms with Crippen LogP contribution in [0.3, 0.4) is 0 Å². The minimum absolute atomic E-state index is 0.0560. The molecule has 8 nitrogen and oxygen atoms in total. The number of ether oxygens (including phenoxy) is 1. The Balaban J connectivity index is 1.58. The standard InChI is InChI=1S/C12H14N4O4/c1-7-4-9(15-19-7)11-14-10(20-16-11)5-13-12(17)8-2-3-18-6-8/h4,8H,2-3,5-6H2,1H3,(H,13,17)/t8-/m0/s1. The molecule has 1 aliphatic heterocycles. The molecule has 1 amide bonds. The van der Waals surface area contributed by atoms with Crippen molar-refractivity contribution < 1.29 is 18.6 Å². The second-order valence-electron chi connectivity index (χ2n) is 4.61. The molecule has 1 saturated heterocycles. The van der Waals surface area contributed by atoms with Crippen LogP contribution in [0.2, 0.25) is 0 Å². The molecule has 2 aromatic rings. The third-order valence-corrected chi connectivity index (χ3v) is 3.04. The first-order chi connectivity index (χ1) is 9.72. The van der Waals surface area contributed by atoms with Gasteiger partial charge in [-0.25, -0.2) is 0 Å². The zero-order valence-electron chi connectivity index (χ0n) is 11.0. The van der Waals surface area contributed by atoms with Gasteiger partial charge in [0, 0.05) is 12.7 Å². The van der Waals surface area contributed by atoms with Crippen LogP contribution >= 0.6 is 0 Å². The summed E-state index contributed by atoms with van der Waals surface area (Å²) in [5.74, 6) is 1.19. The zero-order chi connectivity index (χ0) is 13.9. The average molecular weight is 278 g/mol. The van der Waals surface area contributed by atoms with E-state index in [4.69, 9.17) is 13.8 Å². The number of aromatic nitrogens is 3. The Morgan fingerprint density at radius 2 is 2.35 bits per heavy atom.